The van der Waals surface area contributed by atoms with Crippen molar-refractivity contribution in [1.82, 2.24) is 10.2 Å². The van der Waals surface area contributed by atoms with E-state index in [1.807, 2.05) is 24.3 Å². The number of carbonyl (C=O) groups excluding carboxylic acids is 1. The lowest BCUT2D eigenvalue weighted by Gasteiger charge is -2.38. The van der Waals surface area contributed by atoms with Crippen LogP contribution in [0.1, 0.15) is 18.1 Å². The fourth-order valence-corrected chi connectivity index (χ4v) is 3.72. The Balaban J connectivity index is 1.54. The molecule has 1 fully saturated rings. The van der Waals surface area contributed by atoms with Crippen molar-refractivity contribution in [3.05, 3.63) is 57.6 Å². The van der Waals surface area contributed by atoms with Gasteiger partial charge >= 0.3 is 0 Å². The molecule has 1 amide bonds. The van der Waals surface area contributed by atoms with E-state index in [4.69, 9.17) is 37.8 Å². The van der Waals surface area contributed by atoms with Crippen molar-refractivity contribution >= 4 is 29.1 Å². The zero-order valence-electron chi connectivity index (χ0n) is 17.0. The van der Waals surface area contributed by atoms with Crippen molar-refractivity contribution in [3.63, 3.8) is 0 Å². The largest absolute Gasteiger partial charge is 0.493 e. The van der Waals surface area contributed by atoms with E-state index in [1.165, 1.54) is 0 Å². The second-order valence-electron chi connectivity index (χ2n) is 7.49. The van der Waals surface area contributed by atoms with E-state index in [1.54, 1.807) is 26.2 Å². The summed E-state index contributed by atoms with van der Waals surface area (Å²) in [5, 5.41) is 13.0. The molecule has 0 saturated carbocycles. The maximum atomic E-state index is 12.1. The Morgan fingerprint density at radius 1 is 1.23 bits per heavy atom. The third-order valence-electron chi connectivity index (χ3n) is 5.02. The number of nitrogens with one attached hydrogen (secondary N) is 1. The number of aliphatic hydroxyl groups is 1. The predicted molar refractivity (Wildman–Crippen MR) is 117 cm³/mol. The molecule has 6 nitrogen and oxygen atoms in total. The maximum Gasteiger partial charge on any atom is 0.225 e. The van der Waals surface area contributed by atoms with E-state index < -0.39 is 0 Å². The number of likely N-dealkylation sites (tertiary alicyclic amines) is 1. The lowest BCUT2D eigenvalue weighted by atomic mass is 9.98. The van der Waals surface area contributed by atoms with Crippen LogP contribution in [0.25, 0.3) is 0 Å². The molecule has 2 N–H and O–H groups in total. The summed E-state index contributed by atoms with van der Waals surface area (Å²) < 4.78 is 11.4. The summed E-state index contributed by atoms with van der Waals surface area (Å²) in [5.74, 6) is 1.23. The summed E-state index contributed by atoms with van der Waals surface area (Å²) in [4.78, 5) is 14.3. The van der Waals surface area contributed by atoms with Crippen molar-refractivity contribution in [1.29, 1.82) is 0 Å². The highest BCUT2D eigenvalue weighted by molar-refractivity contribution is 6.35. The van der Waals surface area contributed by atoms with E-state index in [-0.39, 0.29) is 24.5 Å². The first kappa shape index (κ1) is 22.7. The van der Waals surface area contributed by atoms with Gasteiger partial charge < -0.3 is 19.9 Å². The number of amides is 1. The predicted octanol–water partition coefficient (Wildman–Crippen LogP) is 3.51. The molecule has 0 unspecified atom stereocenters. The standard InChI is InChI=1S/C22H26Cl2N2O4/c1-14(12-27)25-22(28)17-10-26(11-17)9-15-3-6-20(21(7-15)29-2)30-13-16-4-5-18(23)8-19(16)24/h3-8,14,17,27H,9-13H2,1-2H3,(H,25,28)/t14-/m1/s1. The normalized spacial score (nSPS) is 15.4. The van der Waals surface area contributed by atoms with E-state index in [2.05, 4.69) is 10.2 Å². The minimum Gasteiger partial charge on any atom is -0.493 e. The van der Waals surface area contributed by atoms with Gasteiger partial charge in [0.15, 0.2) is 11.5 Å². The second kappa shape index (κ2) is 10.4. The summed E-state index contributed by atoms with van der Waals surface area (Å²) in [6.45, 7) is 4.14. The Kier molecular flexibility index (Phi) is 7.83. The molecule has 0 bridgehead atoms. The molecule has 0 aliphatic carbocycles. The SMILES string of the molecule is COc1cc(CN2CC(C(=O)N[C@H](C)CO)C2)ccc1OCc1ccc(Cl)cc1Cl. The van der Waals surface area contributed by atoms with Crippen molar-refractivity contribution in [2.24, 2.45) is 5.92 Å². The van der Waals surface area contributed by atoms with Gasteiger partial charge in [-0.3, -0.25) is 9.69 Å². The van der Waals surface area contributed by atoms with Gasteiger partial charge in [0.05, 0.1) is 19.6 Å². The lowest BCUT2D eigenvalue weighted by molar-refractivity contribution is -0.131. The van der Waals surface area contributed by atoms with Crippen LogP contribution in [0.3, 0.4) is 0 Å². The second-order valence-corrected chi connectivity index (χ2v) is 8.34. The third kappa shape index (κ3) is 5.79. The highest BCUT2D eigenvalue weighted by Gasteiger charge is 2.32. The molecule has 162 valence electrons. The summed E-state index contributed by atoms with van der Waals surface area (Å²) in [6, 6.07) is 10.9. The molecule has 0 aromatic heterocycles. The number of aliphatic hydroxyl groups excluding tert-OH is 1. The first-order valence-electron chi connectivity index (χ1n) is 9.76. The number of hydrogen-bond donors (Lipinski definition) is 2. The van der Waals surface area contributed by atoms with Crippen LogP contribution in [0.5, 0.6) is 11.5 Å². The van der Waals surface area contributed by atoms with Gasteiger partial charge in [-0.25, -0.2) is 0 Å². The number of halogens is 2. The summed E-state index contributed by atoms with van der Waals surface area (Å²) in [5.41, 5.74) is 1.92. The van der Waals surface area contributed by atoms with Crippen LogP contribution in [0.4, 0.5) is 0 Å². The number of ether oxygens (including phenoxy) is 2. The Morgan fingerprint density at radius 2 is 2.00 bits per heavy atom. The Morgan fingerprint density at radius 3 is 2.67 bits per heavy atom. The van der Waals surface area contributed by atoms with Gasteiger partial charge in [0, 0.05) is 41.3 Å². The van der Waals surface area contributed by atoms with E-state index in [0.29, 0.717) is 41.2 Å². The molecule has 0 radical (unpaired) electrons. The summed E-state index contributed by atoms with van der Waals surface area (Å²) >= 11 is 12.1. The van der Waals surface area contributed by atoms with Crippen LogP contribution in [-0.4, -0.2) is 48.8 Å². The third-order valence-corrected chi connectivity index (χ3v) is 5.61. The number of carbonyl (C=O) groups is 1. The average Bonchev–Trinajstić information content (AvgIpc) is 2.69. The first-order valence-corrected chi connectivity index (χ1v) is 10.5. The Hall–Kier alpha value is -1.99. The summed E-state index contributed by atoms with van der Waals surface area (Å²) in [7, 11) is 1.60. The monoisotopic (exact) mass is 452 g/mol. The molecule has 0 spiro atoms. The Labute approximate surface area is 186 Å². The van der Waals surface area contributed by atoms with Gasteiger partial charge in [-0.15, -0.1) is 0 Å². The van der Waals surface area contributed by atoms with Gasteiger partial charge in [-0.05, 0) is 36.8 Å². The number of benzene rings is 2. The average molecular weight is 453 g/mol. The van der Waals surface area contributed by atoms with Crippen molar-refractivity contribution < 1.29 is 19.4 Å². The molecule has 1 aliphatic rings. The van der Waals surface area contributed by atoms with E-state index in [9.17, 15) is 4.79 Å². The fourth-order valence-electron chi connectivity index (χ4n) is 3.25. The van der Waals surface area contributed by atoms with Gasteiger partial charge in [-0.1, -0.05) is 35.3 Å². The summed E-state index contributed by atoms with van der Waals surface area (Å²) in [6.07, 6.45) is 0. The van der Waals surface area contributed by atoms with Crippen molar-refractivity contribution in [2.75, 3.05) is 26.8 Å². The van der Waals surface area contributed by atoms with E-state index in [0.717, 1.165) is 17.7 Å². The number of hydrogen-bond acceptors (Lipinski definition) is 5. The van der Waals surface area contributed by atoms with Crippen molar-refractivity contribution in [3.8, 4) is 11.5 Å². The van der Waals surface area contributed by atoms with Crippen LogP contribution in [0.2, 0.25) is 10.0 Å². The van der Waals surface area contributed by atoms with Crippen LogP contribution < -0.4 is 14.8 Å². The molecule has 8 heteroatoms. The van der Waals surface area contributed by atoms with Gasteiger partial charge in [-0.2, -0.15) is 0 Å². The molecular formula is C22H26Cl2N2O4. The molecule has 2 aromatic carbocycles. The van der Waals surface area contributed by atoms with Gasteiger partial charge in [0.25, 0.3) is 0 Å². The molecule has 1 aliphatic heterocycles. The fraction of sp³-hybridized carbons (Fsp3) is 0.409. The zero-order chi connectivity index (χ0) is 21.7. The molecule has 3 rings (SSSR count). The van der Waals surface area contributed by atoms with Crippen LogP contribution in [0, 0.1) is 5.92 Å². The Bertz CT molecular complexity index is 887. The number of nitrogens with zero attached hydrogens (tertiary/aromatic N) is 1. The topological polar surface area (TPSA) is 71.0 Å². The highest BCUT2D eigenvalue weighted by Crippen LogP contribution is 2.31. The van der Waals surface area contributed by atoms with Crippen LogP contribution >= 0.6 is 23.2 Å². The molecule has 30 heavy (non-hydrogen) atoms. The molecule has 2 aromatic rings. The van der Waals surface area contributed by atoms with E-state index >= 15 is 0 Å². The van der Waals surface area contributed by atoms with Crippen LogP contribution in [-0.2, 0) is 17.9 Å². The minimum atomic E-state index is -0.217. The number of methoxy groups -OCH3 is 1. The quantitative estimate of drug-likeness (QED) is 0.608. The molecule has 1 saturated heterocycles. The first-order chi connectivity index (χ1) is 14.4. The van der Waals surface area contributed by atoms with Gasteiger partial charge in [0.1, 0.15) is 6.61 Å². The smallest absolute Gasteiger partial charge is 0.225 e. The highest BCUT2D eigenvalue weighted by atomic mass is 35.5. The molecule has 1 atom stereocenters. The maximum absolute atomic E-state index is 12.1. The van der Waals surface area contributed by atoms with Gasteiger partial charge in [0.2, 0.25) is 5.91 Å². The lowest BCUT2D eigenvalue weighted by Crippen LogP contribution is -2.54. The minimum absolute atomic E-state index is 0.00464. The zero-order valence-corrected chi connectivity index (χ0v) is 18.5. The molecular weight excluding hydrogens is 427 g/mol. The molecule has 1 heterocycles. The van der Waals surface area contributed by atoms with Crippen LogP contribution in [0.15, 0.2) is 36.4 Å². The van der Waals surface area contributed by atoms with Crippen molar-refractivity contribution in [2.45, 2.75) is 26.1 Å². The number of rotatable bonds is 9.